The van der Waals surface area contributed by atoms with Crippen LogP contribution in [-0.4, -0.2) is 57.9 Å². The lowest BCUT2D eigenvalue weighted by atomic mass is 9.83. The minimum absolute atomic E-state index is 0.0963. The van der Waals surface area contributed by atoms with Crippen LogP contribution >= 0.6 is 0 Å². The van der Waals surface area contributed by atoms with Crippen molar-refractivity contribution < 1.29 is 18.9 Å². The van der Waals surface area contributed by atoms with Gasteiger partial charge >= 0.3 is 0 Å². The molecule has 0 N–H and O–H groups in total. The van der Waals surface area contributed by atoms with Gasteiger partial charge in [-0.05, 0) is 61.6 Å². The molecule has 3 rings (SSSR count). The topological polar surface area (TPSA) is 61.6 Å². The summed E-state index contributed by atoms with van der Waals surface area (Å²) in [4.78, 5) is 9.47. The van der Waals surface area contributed by atoms with E-state index in [1.54, 1.807) is 7.11 Å². The van der Waals surface area contributed by atoms with Gasteiger partial charge in [-0.3, -0.25) is 0 Å². The number of hydrogen-bond acceptors (Lipinski definition) is 6. The van der Waals surface area contributed by atoms with Gasteiger partial charge in [-0.15, -0.1) is 0 Å². The predicted molar refractivity (Wildman–Crippen MR) is 135 cm³/mol. The Bertz CT molecular complexity index is 954. The van der Waals surface area contributed by atoms with Crippen LogP contribution in [0.3, 0.4) is 0 Å². The molecule has 6 heteroatoms. The highest BCUT2D eigenvalue weighted by Gasteiger charge is 2.27. The number of hydrogen-bond donors (Lipinski definition) is 0. The first-order valence-corrected chi connectivity index (χ1v) is 12.1. The van der Waals surface area contributed by atoms with Crippen molar-refractivity contribution >= 4 is 22.6 Å². The molecule has 2 aromatic rings. The van der Waals surface area contributed by atoms with E-state index in [9.17, 15) is 0 Å². The Morgan fingerprint density at radius 2 is 1.82 bits per heavy atom. The quantitative estimate of drug-likeness (QED) is 0.431. The van der Waals surface area contributed by atoms with E-state index in [1.165, 1.54) is 10.9 Å². The summed E-state index contributed by atoms with van der Waals surface area (Å²) < 4.78 is 22.6. The lowest BCUT2D eigenvalue weighted by molar-refractivity contribution is 0.147. The third-order valence-electron chi connectivity index (χ3n) is 5.98. The highest BCUT2D eigenvalue weighted by Crippen LogP contribution is 2.30. The molecule has 33 heavy (non-hydrogen) atoms. The maximum atomic E-state index is 5.98. The van der Waals surface area contributed by atoms with Crippen molar-refractivity contribution in [2.45, 2.75) is 46.6 Å². The van der Waals surface area contributed by atoms with Crippen LogP contribution in [0.2, 0.25) is 0 Å². The van der Waals surface area contributed by atoms with Crippen LogP contribution in [0.5, 0.6) is 5.75 Å². The van der Waals surface area contributed by atoms with Crippen LogP contribution in [0.25, 0.3) is 10.8 Å². The van der Waals surface area contributed by atoms with E-state index in [2.05, 4.69) is 43.1 Å². The number of benzene rings is 2. The highest BCUT2D eigenvalue weighted by atomic mass is 16.5. The van der Waals surface area contributed by atoms with Gasteiger partial charge in [-0.25, -0.2) is 9.98 Å². The second-order valence-corrected chi connectivity index (χ2v) is 8.66. The van der Waals surface area contributed by atoms with Crippen LogP contribution in [0.15, 0.2) is 46.4 Å². The van der Waals surface area contributed by atoms with Crippen molar-refractivity contribution in [2.75, 3.05) is 40.1 Å². The van der Waals surface area contributed by atoms with E-state index in [0.717, 1.165) is 29.9 Å². The van der Waals surface area contributed by atoms with Crippen molar-refractivity contribution in [1.29, 1.82) is 0 Å². The largest absolute Gasteiger partial charge is 0.491 e. The Morgan fingerprint density at radius 1 is 1.00 bits per heavy atom. The van der Waals surface area contributed by atoms with Crippen molar-refractivity contribution in [3.05, 3.63) is 42.0 Å². The SMILES string of the molecule is CCOC1=NC(CC(Cc2ccc3cccc(OCCOC)c3c2)C(C)C)C(OCC)=NC1. The molecule has 0 bridgehead atoms. The summed E-state index contributed by atoms with van der Waals surface area (Å²) in [6.45, 7) is 11.3. The molecule has 0 saturated heterocycles. The maximum Gasteiger partial charge on any atom is 0.209 e. The van der Waals surface area contributed by atoms with E-state index in [4.69, 9.17) is 23.9 Å². The van der Waals surface area contributed by atoms with Gasteiger partial charge in [0, 0.05) is 12.5 Å². The summed E-state index contributed by atoms with van der Waals surface area (Å²) in [5.41, 5.74) is 1.30. The Morgan fingerprint density at radius 3 is 2.55 bits per heavy atom. The van der Waals surface area contributed by atoms with E-state index >= 15 is 0 Å². The average molecular weight is 455 g/mol. The molecule has 0 aromatic heterocycles. The molecular formula is C27H38N2O4. The monoisotopic (exact) mass is 454 g/mol. The van der Waals surface area contributed by atoms with Crippen molar-refractivity contribution in [3.63, 3.8) is 0 Å². The first kappa shape index (κ1) is 25.0. The van der Waals surface area contributed by atoms with Gasteiger partial charge in [0.05, 0.1) is 19.8 Å². The molecule has 6 nitrogen and oxygen atoms in total. The van der Waals surface area contributed by atoms with Gasteiger partial charge < -0.3 is 18.9 Å². The van der Waals surface area contributed by atoms with Crippen LogP contribution in [-0.2, 0) is 20.6 Å². The molecule has 0 saturated carbocycles. The number of nitrogens with zero attached hydrogens (tertiary/aromatic N) is 2. The Kier molecular flexibility index (Phi) is 9.55. The van der Waals surface area contributed by atoms with Crippen LogP contribution in [0.4, 0.5) is 0 Å². The summed E-state index contributed by atoms with van der Waals surface area (Å²) in [6.07, 6.45) is 1.83. The minimum atomic E-state index is -0.0963. The Labute approximate surface area is 198 Å². The van der Waals surface area contributed by atoms with Gasteiger partial charge in [-0.1, -0.05) is 38.1 Å². The van der Waals surface area contributed by atoms with Crippen molar-refractivity contribution in [1.82, 2.24) is 0 Å². The maximum absolute atomic E-state index is 5.98. The average Bonchev–Trinajstić information content (AvgIpc) is 2.81. The fraction of sp³-hybridized carbons (Fsp3) is 0.556. The fourth-order valence-corrected chi connectivity index (χ4v) is 4.17. The summed E-state index contributed by atoms with van der Waals surface area (Å²) in [5.74, 6) is 3.25. The molecule has 0 radical (unpaired) electrons. The second-order valence-electron chi connectivity index (χ2n) is 8.66. The minimum Gasteiger partial charge on any atom is -0.491 e. The molecule has 2 aromatic carbocycles. The third-order valence-corrected chi connectivity index (χ3v) is 5.98. The predicted octanol–water partition coefficient (Wildman–Crippen LogP) is 5.32. The highest BCUT2D eigenvalue weighted by molar-refractivity contribution is 5.92. The van der Waals surface area contributed by atoms with Crippen LogP contribution in [0, 0.1) is 11.8 Å². The Balaban J connectivity index is 1.80. The smallest absolute Gasteiger partial charge is 0.209 e. The molecule has 1 aliphatic rings. The van der Waals surface area contributed by atoms with E-state index in [1.807, 2.05) is 26.0 Å². The molecule has 0 fully saturated rings. The molecule has 1 heterocycles. The summed E-state index contributed by atoms with van der Waals surface area (Å²) >= 11 is 0. The number of rotatable bonds is 11. The lowest BCUT2D eigenvalue weighted by Gasteiger charge is -2.27. The van der Waals surface area contributed by atoms with Crippen molar-refractivity contribution in [3.8, 4) is 5.75 Å². The van der Waals surface area contributed by atoms with E-state index in [-0.39, 0.29) is 6.04 Å². The lowest BCUT2D eigenvalue weighted by Crippen LogP contribution is -2.33. The zero-order valence-corrected chi connectivity index (χ0v) is 20.7. The normalized spacial score (nSPS) is 17.0. The molecular weight excluding hydrogens is 416 g/mol. The third kappa shape index (κ3) is 6.94. The van der Waals surface area contributed by atoms with E-state index < -0.39 is 0 Å². The number of methoxy groups -OCH3 is 1. The summed E-state index contributed by atoms with van der Waals surface area (Å²) in [7, 11) is 1.69. The van der Waals surface area contributed by atoms with Gasteiger partial charge in [-0.2, -0.15) is 0 Å². The number of ether oxygens (including phenoxy) is 4. The molecule has 180 valence electrons. The van der Waals surface area contributed by atoms with Gasteiger partial charge in [0.2, 0.25) is 11.8 Å². The molecule has 0 aliphatic carbocycles. The van der Waals surface area contributed by atoms with Crippen LogP contribution < -0.4 is 4.74 Å². The summed E-state index contributed by atoms with van der Waals surface area (Å²) in [5, 5.41) is 2.32. The number of aliphatic imine (C=N–C) groups is 2. The zero-order chi connectivity index (χ0) is 23.6. The Hall–Kier alpha value is -2.60. The van der Waals surface area contributed by atoms with E-state index in [0.29, 0.717) is 50.7 Å². The molecule has 2 atom stereocenters. The molecule has 2 unspecified atom stereocenters. The van der Waals surface area contributed by atoms with Gasteiger partial charge in [0.1, 0.15) is 24.9 Å². The van der Waals surface area contributed by atoms with Gasteiger partial charge in [0.25, 0.3) is 0 Å². The van der Waals surface area contributed by atoms with Crippen LogP contribution in [0.1, 0.15) is 39.7 Å². The van der Waals surface area contributed by atoms with Gasteiger partial charge in [0.15, 0.2) is 0 Å². The first-order chi connectivity index (χ1) is 16.0. The standard InChI is InChI=1S/C27H38N2O4/c1-6-31-26-18-28-27(32-7-2)24(29-26)17-22(19(3)4)15-20-11-12-21-9-8-10-25(23(21)16-20)33-14-13-30-5/h8-12,16,19,22,24H,6-7,13-15,17-18H2,1-5H3. The zero-order valence-electron chi connectivity index (χ0n) is 20.7. The molecule has 1 aliphatic heterocycles. The molecule has 0 amide bonds. The van der Waals surface area contributed by atoms with Crippen molar-refractivity contribution in [2.24, 2.45) is 21.8 Å². The first-order valence-electron chi connectivity index (χ1n) is 12.1. The summed E-state index contributed by atoms with van der Waals surface area (Å²) in [6, 6.07) is 12.8. The fourth-order valence-electron chi connectivity index (χ4n) is 4.17. The molecule has 0 spiro atoms. The number of fused-ring (bicyclic) bond motifs is 1. The second kappa shape index (κ2) is 12.6.